The van der Waals surface area contributed by atoms with Gasteiger partial charge >= 0.3 is 5.97 Å². The molecular weight excluding hydrogens is 308 g/mol. The molecule has 5 N–H and O–H groups in total. The predicted molar refractivity (Wildman–Crippen MR) is 78.6 cm³/mol. The number of methoxy groups -OCH3 is 1. The number of fused-ring (bicyclic) bond motifs is 1. The zero-order valence-electron chi connectivity index (χ0n) is 12.5. The van der Waals surface area contributed by atoms with Crippen LogP contribution >= 0.6 is 0 Å². The lowest BCUT2D eigenvalue weighted by atomic mass is 10.3. The molecule has 23 heavy (non-hydrogen) atoms. The van der Waals surface area contributed by atoms with Crippen LogP contribution in [0, 0.1) is 13.8 Å². The summed E-state index contributed by atoms with van der Waals surface area (Å²) in [6.45, 7) is 3.34. The highest BCUT2D eigenvalue weighted by Crippen LogP contribution is 2.15. The molecule has 0 aliphatic rings. The second-order valence-electron chi connectivity index (χ2n) is 4.40. The zero-order chi connectivity index (χ0) is 17.1. The van der Waals surface area contributed by atoms with E-state index in [1.807, 2.05) is 0 Å². The minimum Gasteiger partial charge on any atom is -0.463 e. The second kappa shape index (κ2) is 6.17. The van der Waals surface area contributed by atoms with E-state index in [0.717, 1.165) is 0 Å². The summed E-state index contributed by atoms with van der Waals surface area (Å²) < 4.78 is 13.7. The van der Waals surface area contributed by atoms with Crippen molar-refractivity contribution in [1.29, 1.82) is 0 Å². The first-order chi connectivity index (χ1) is 10.8. The molecule has 0 spiro atoms. The molecule has 3 aromatic rings. The normalized spacial score (nSPS) is 10.2. The van der Waals surface area contributed by atoms with Gasteiger partial charge in [-0.2, -0.15) is 0 Å². The Morgan fingerprint density at radius 2 is 1.83 bits per heavy atom. The third kappa shape index (κ3) is 3.12. The lowest BCUT2D eigenvalue weighted by molar-refractivity contribution is 0.0556. The van der Waals surface area contributed by atoms with Crippen molar-refractivity contribution in [3.8, 4) is 0 Å². The predicted octanol–water partition coefficient (Wildman–Crippen LogP) is 0.154. The molecule has 0 aliphatic carbocycles. The van der Waals surface area contributed by atoms with Gasteiger partial charge in [-0.3, -0.25) is 9.78 Å². The van der Waals surface area contributed by atoms with E-state index in [1.165, 1.54) is 7.11 Å². The topological polar surface area (TPSA) is 176 Å². The molecule has 0 saturated heterocycles. The fourth-order valence-corrected chi connectivity index (χ4v) is 1.58. The Kier molecular flexibility index (Phi) is 4.30. The number of carbonyl (C=O) groups is 1. The van der Waals surface area contributed by atoms with Crippen molar-refractivity contribution in [3.63, 3.8) is 0 Å². The first kappa shape index (κ1) is 16.0. The van der Waals surface area contributed by atoms with Gasteiger partial charge in [0.1, 0.15) is 22.6 Å². The fourth-order valence-electron chi connectivity index (χ4n) is 1.58. The van der Waals surface area contributed by atoms with Gasteiger partial charge in [0.2, 0.25) is 11.5 Å². The smallest absolute Gasteiger partial charge is 0.379 e. The van der Waals surface area contributed by atoms with Gasteiger partial charge in [0.15, 0.2) is 0 Å². The highest BCUT2D eigenvalue weighted by Gasteiger charge is 2.17. The Labute approximate surface area is 128 Å². The zero-order valence-corrected chi connectivity index (χ0v) is 12.5. The van der Waals surface area contributed by atoms with E-state index in [9.17, 15) is 9.59 Å². The fraction of sp³-hybridized carbons (Fsp3) is 0.250. The van der Waals surface area contributed by atoms with E-state index in [4.69, 9.17) is 16.0 Å². The van der Waals surface area contributed by atoms with E-state index in [-0.39, 0.29) is 23.0 Å². The van der Waals surface area contributed by atoms with Gasteiger partial charge in [-0.25, -0.2) is 9.78 Å². The van der Waals surface area contributed by atoms with Crippen molar-refractivity contribution in [1.82, 2.24) is 20.3 Å². The van der Waals surface area contributed by atoms with Crippen molar-refractivity contribution in [2.75, 3.05) is 18.6 Å². The lowest BCUT2D eigenvalue weighted by Crippen LogP contribution is -2.09. The Morgan fingerprint density at radius 3 is 2.39 bits per heavy atom. The molecule has 122 valence electrons. The van der Waals surface area contributed by atoms with Crippen molar-refractivity contribution in [2.24, 2.45) is 0 Å². The van der Waals surface area contributed by atoms with Gasteiger partial charge in [-0.1, -0.05) is 10.3 Å². The Balaban J connectivity index is 0.000000168. The van der Waals surface area contributed by atoms with Crippen LogP contribution < -0.4 is 17.0 Å². The quantitative estimate of drug-likeness (QED) is 0.522. The molecule has 0 saturated carbocycles. The van der Waals surface area contributed by atoms with Gasteiger partial charge in [-0.05, 0) is 13.8 Å². The molecule has 0 atom stereocenters. The summed E-state index contributed by atoms with van der Waals surface area (Å²) >= 11 is 0. The summed E-state index contributed by atoms with van der Waals surface area (Å²) in [6, 6.07) is 0. The van der Waals surface area contributed by atoms with E-state index in [0.29, 0.717) is 16.9 Å². The summed E-state index contributed by atoms with van der Waals surface area (Å²) in [5.41, 5.74) is 12.1. The SMILES string of the molecule is COC(=O)c1onc(C)c1N.Cc1noc2c(=O)[nH]c(N)nc12. The van der Waals surface area contributed by atoms with Gasteiger partial charge in [-0.15, -0.1) is 0 Å². The number of nitrogen functional groups attached to an aromatic ring is 2. The summed E-state index contributed by atoms with van der Waals surface area (Å²) in [7, 11) is 1.25. The standard InChI is InChI=1S/C6H6N4O2.C6H8N2O3/c1-2-3-4(12-10-2)5(11)9-6(7)8-3;1-3-4(7)5(11-8-3)6(9)10-2/h1H3,(H3,7,8,9,11);7H2,1-2H3. The number of H-pyrrole nitrogens is 1. The van der Waals surface area contributed by atoms with Crippen molar-refractivity contribution < 1.29 is 18.6 Å². The van der Waals surface area contributed by atoms with E-state index in [1.54, 1.807) is 13.8 Å². The van der Waals surface area contributed by atoms with Crippen LogP contribution in [-0.4, -0.2) is 33.4 Å². The van der Waals surface area contributed by atoms with Crippen LogP contribution in [0.3, 0.4) is 0 Å². The lowest BCUT2D eigenvalue weighted by Gasteiger charge is -1.92. The molecule has 0 fully saturated rings. The van der Waals surface area contributed by atoms with Crippen LogP contribution in [0.1, 0.15) is 21.9 Å². The number of hydrogen-bond acceptors (Lipinski definition) is 10. The molecule has 0 amide bonds. The molecule has 0 aromatic carbocycles. The summed E-state index contributed by atoms with van der Waals surface area (Å²) in [5.74, 6) is -0.577. The number of ether oxygens (including phenoxy) is 1. The molecule has 11 nitrogen and oxygen atoms in total. The minimum absolute atomic E-state index is 0.0370. The van der Waals surface area contributed by atoms with Crippen LogP contribution in [0.25, 0.3) is 11.1 Å². The first-order valence-electron chi connectivity index (χ1n) is 6.27. The van der Waals surface area contributed by atoms with Gasteiger partial charge in [0.25, 0.3) is 11.3 Å². The first-order valence-corrected chi connectivity index (χ1v) is 6.27. The number of rotatable bonds is 1. The van der Waals surface area contributed by atoms with Crippen LogP contribution in [0.15, 0.2) is 13.8 Å². The average molecular weight is 322 g/mol. The maximum Gasteiger partial charge on any atom is 0.379 e. The molecule has 3 aromatic heterocycles. The van der Waals surface area contributed by atoms with Crippen molar-refractivity contribution in [3.05, 3.63) is 27.5 Å². The van der Waals surface area contributed by atoms with Crippen LogP contribution in [0.5, 0.6) is 0 Å². The van der Waals surface area contributed by atoms with Crippen molar-refractivity contribution in [2.45, 2.75) is 13.8 Å². The number of carbonyl (C=O) groups excluding carboxylic acids is 1. The number of aromatic nitrogens is 4. The molecule has 0 radical (unpaired) electrons. The summed E-state index contributed by atoms with van der Waals surface area (Å²) in [4.78, 5) is 28.1. The number of nitrogens with zero attached hydrogens (tertiary/aromatic N) is 3. The number of nitrogens with two attached hydrogens (primary N) is 2. The van der Waals surface area contributed by atoms with Crippen LogP contribution in [0.2, 0.25) is 0 Å². The number of hydrogen-bond donors (Lipinski definition) is 3. The monoisotopic (exact) mass is 322 g/mol. The highest BCUT2D eigenvalue weighted by molar-refractivity contribution is 5.92. The molecule has 0 aliphatic heterocycles. The number of aromatic amines is 1. The average Bonchev–Trinajstić information content (AvgIpc) is 3.04. The molecular formula is C12H14N6O5. The van der Waals surface area contributed by atoms with Crippen molar-refractivity contribution >= 4 is 28.7 Å². The number of aryl methyl sites for hydroxylation is 2. The number of nitrogens with one attached hydrogen (secondary N) is 1. The van der Waals surface area contributed by atoms with Gasteiger partial charge < -0.3 is 25.3 Å². The molecule has 0 bridgehead atoms. The van der Waals surface area contributed by atoms with Gasteiger partial charge in [0, 0.05) is 0 Å². The third-order valence-electron chi connectivity index (χ3n) is 2.79. The van der Waals surface area contributed by atoms with Crippen LogP contribution in [0.4, 0.5) is 11.6 Å². The third-order valence-corrected chi connectivity index (χ3v) is 2.79. The van der Waals surface area contributed by atoms with E-state index in [2.05, 4.69) is 29.5 Å². The Hall–Kier alpha value is -3.37. The molecule has 11 heteroatoms. The number of esters is 1. The molecule has 0 unspecified atom stereocenters. The second-order valence-corrected chi connectivity index (χ2v) is 4.40. The van der Waals surface area contributed by atoms with E-state index < -0.39 is 11.5 Å². The molecule has 3 heterocycles. The largest absolute Gasteiger partial charge is 0.463 e. The van der Waals surface area contributed by atoms with E-state index >= 15 is 0 Å². The number of anilines is 2. The highest BCUT2D eigenvalue weighted by atomic mass is 16.5. The maximum absolute atomic E-state index is 11.1. The minimum atomic E-state index is -0.608. The Bertz CT molecular complexity index is 908. The molecule has 3 rings (SSSR count). The summed E-state index contributed by atoms with van der Waals surface area (Å²) in [5, 5.41) is 7.07. The summed E-state index contributed by atoms with van der Waals surface area (Å²) in [6.07, 6.45) is 0. The van der Waals surface area contributed by atoms with Gasteiger partial charge in [0.05, 0.1) is 7.11 Å². The maximum atomic E-state index is 11.1. The Morgan fingerprint density at radius 1 is 1.17 bits per heavy atom. The van der Waals surface area contributed by atoms with Crippen LogP contribution in [-0.2, 0) is 4.74 Å².